The SMILES string of the molecule is CC(Nc1ccccc1N1CCCCC1)C1(C)CC1. The van der Waals surface area contributed by atoms with E-state index in [4.69, 9.17) is 0 Å². The summed E-state index contributed by atoms with van der Waals surface area (Å²) in [4.78, 5) is 2.55. The van der Waals surface area contributed by atoms with Crippen LogP contribution in [0, 0.1) is 5.41 Å². The molecule has 1 saturated heterocycles. The third kappa shape index (κ3) is 2.72. The predicted molar refractivity (Wildman–Crippen MR) is 82.9 cm³/mol. The molecule has 1 aromatic carbocycles. The maximum Gasteiger partial charge on any atom is 0.0602 e. The molecule has 2 aliphatic rings. The van der Waals surface area contributed by atoms with E-state index < -0.39 is 0 Å². The van der Waals surface area contributed by atoms with Crippen LogP contribution in [0.3, 0.4) is 0 Å². The predicted octanol–water partition coefficient (Wildman–Crippen LogP) is 4.28. The molecule has 1 aliphatic carbocycles. The fourth-order valence-electron chi connectivity index (χ4n) is 3.04. The van der Waals surface area contributed by atoms with Crippen LogP contribution >= 0.6 is 0 Å². The summed E-state index contributed by atoms with van der Waals surface area (Å²) in [6.07, 6.45) is 6.80. The van der Waals surface area contributed by atoms with Crippen molar-refractivity contribution in [1.29, 1.82) is 0 Å². The van der Waals surface area contributed by atoms with Crippen LogP contribution in [0.25, 0.3) is 0 Å². The van der Waals surface area contributed by atoms with Crippen LogP contribution in [0.1, 0.15) is 46.0 Å². The number of benzene rings is 1. The van der Waals surface area contributed by atoms with E-state index in [2.05, 4.69) is 48.3 Å². The van der Waals surface area contributed by atoms with Gasteiger partial charge >= 0.3 is 0 Å². The minimum Gasteiger partial charge on any atom is -0.380 e. The first kappa shape index (κ1) is 12.8. The smallest absolute Gasteiger partial charge is 0.0602 e. The largest absolute Gasteiger partial charge is 0.380 e. The molecule has 0 bridgehead atoms. The Morgan fingerprint density at radius 2 is 1.79 bits per heavy atom. The zero-order valence-corrected chi connectivity index (χ0v) is 12.3. The van der Waals surface area contributed by atoms with E-state index in [1.807, 2.05) is 0 Å². The fourth-order valence-corrected chi connectivity index (χ4v) is 3.04. The van der Waals surface area contributed by atoms with Crippen LogP contribution in [-0.4, -0.2) is 19.1 Å². The van der Waals surface area contributed by atoms with Gasteiger partial charge in [0.1, 0.15) is 0 Å². The number of nitrogens with zero attached hydrogens (tertiary/aromatic N) is 1. The molecule has 0 radical (unpaired) electrons. The lowest BCUT2D eigenvalue weighted by atomic mass is 10.00. The lowest BCUT2D eigenvalue weighted by Gasteiger charge is -2.32. The Morgan fingerprint density at radius 3 is 2.47 bits per heavy atom. The molecule has 0 aromatic heterocycles. The first-order valence-electron chi connectivity index (χ1n) is 7.80. The lowest BCUT2D eigenvalue weighted by molar-refractivity contribution is 0.493. The summed E-state index contributed by atoms with van der Waals surface area (Å²) in [7, 11) is 0. The van der Waals surface area contributed by atoms with Crippen molar-refractivity contribution in [3.8, 4) is 0 Å². The van der Waals surface area contributed by atoms with Gasteiger partial charge in [-0.15, -0.1) is 0 Å². The first-order chi connectivity index (χ1) is 9.19. The van der Waals surface area contributed by atoms with E-state index in [9.17, 15) is 0 Å². The second-order valence-electron chi connectivity index (χ2n) is 6.58. The summed E-state index contributed by atoms with van der Waals surface area (Å²) < 4.78 is 0. The van der Waals surface area contributed by atoms with Gasteiger partial charge in [0.15, 0.2) is 0 Å². The number of hydrogen-bond donors (Lipinski definition) is 1. The van der Waals surface area contributed by atoms with Gasteiger partial charge < -0.3 is 10.2 Å². The van der Waals surface area contributed by atoms with E-state index >= 15 is 0 Å². The summed E-state index contributed by atoms with van der Waals surface area (Å²) in [6.45, 7) is 7.16. The molecule has 0 spiro atoms. The molecule has 2 heteroatoms. The molecule has 2 nitrogen and oxygen atoms in total. The maximum atomic E-state index is 3.77. The highest BCUT2D eigenvalue weighted by Crippen LogP contribution is 2.49. The van der Waals surface area contributed by atoms with Crippen molar-refractivity contribution in [3.63, 3.8) is 0 Å². The Hall–Kier alpha value is -1.18. The highest BCUT2D eigenvalue weighted by molar-refractivity contribution is 5.70. The average Bonchev–Trinajstić information content (AvgIpc) is 3.20. The molecule has 1 N–H and O–H groups in total. The normalized spacial score (nSPS) is 22.9. The van der Waals surface area contributed by atoms with E-state index in [-0.39, 0.29) is 0 Å². The molecular weight excluding hydrogens is 232 g/mol. The van der Waals surface area contributed by atoms with Crippen molar-refractivity contribution in [2.24, 2.45) is 5.41 Å². The van der Waals surface area contributed by atoms with Gasteiger partial charge in [0.2, 0.25) is 0 Å². The molecule has 3 rings (SSSR count). The van der Waals surface area contributed by atoms with Crippen LogP contribution in [0.15, 0.2) is 24.3 Å². The summed E-state index contributed by atoms with van der Waals surface area (Å²) in [5, 5.41) is 3.77. The van der Waals surface area contributed by atoms with Gasteiger partial charge in [0.05, 0.1) is 11.4 Å². The minimum atomic E-state index is 0.523. The number of rotatable bonds is 4. The third-order valence-electron chi connectivity index (χ3n) is 5.06. The number of hydrogen-bond acceptors (Lipinski definition) is 2. The zero-order valence-electron chi connectivity index (χ0n) is 12.3. The standard InChI is InChI=1S/C17H26N2/c1-14(17(2)10-11-17)18-15-8-4-5-9-16(15)19-12-6-3-7-13-19/h4-5,8-9,14,18H,3,6-7,10-13H2,1-2H3. The molecule has 19 heavy (non-hydrogen) atoms. The molecule has 1 atom stereocenters. The van der Waals surface area contributed by atoms with Gasteiger partial charge in [-0.1, -0.05) is 19.1 Å². The van der Waals surface area contributed by atoms with Crippen molar-refractivity contribution in [3.05, 3.63) is 24.3 Å². The minimum absolute atomic E-state index is 0.523. The van der Waals surface area contributed by atoms with Gasteiger partial charge in [-0.25, -0.2) is 0 Å². The molecule has 1 aliphatic heterocycles. The second kappa shape index (κ2) is 5.07. The Kier molecular flexibility index (Phi) is 3.42. The highest BCUT2D eigenvalue weighted by Gasteiger charge is 2.42. The van der Waals surface area contributed by atoms with E-state index in [1.165, 1.54) is 56.6 Å². The van der Waals surface area contributed by atoms with Crippen molar-refractivity contribution < 1.29 is 0 Å². The number of para-hydroxylation sites is 2. The Balaban J connectivity index is 1.76. The molecule has 0 amide bonds. The van der Waals surface area contributed by atoms with Gasteiger partial charge in [-0.05, 0) is 56.6 Å². The summed E-state index contributed by atoms with van der Waals surface area (Å²) in [6, 6.07) is 9.40. The molecule has 1 heterocycles. The summed E-state index contributed by atoms with van der Waals surface area (Å²) >= 11 is 0. The summed E-state index contributed by atoms with van der Waals surface area (Å²) in [5.41, 5.74) is 3.25. The van der Waals surface area contributed by atoms with Crippen molar-refractivity contribution in [2.75, 3.05) is 23.3 Å². The van der Waals surface area contributed by atoms with Crippen molar-refractivity contribution in [2.45, 2.75) is 52.0 Å². The lowest BCUT2D eigenvalue weighted by Crippen LogP contribution is -2.31. The molecular formula is C17H26N2. The van der Waals surface area contributed by atoms with Crippen LogP contribution in [0.5, 0.6) is 0 Å². The highest BCUT2D eigenvalue weighted by atomic mass is 15.2. The van der Waals surface area contributed by atoms with Gasteiger partial charge in [-0.2, -0.15) is 0 Å². The van der Waals surface area contributed by atoms with Crippen molar-refractivity contribution in [1.82, 2.24) is 0 Å². The number of anilines is 2. The summed E-state index contributed by atoms with van der Waals surface area (Å²) in [5.74, 6) is 0. The maximum absolute atomic E-state index is 3.77. The molecule has 104 valence electrons. The van der Waals surface area contributed by atoms with E-state index in [0.29, 0.717) is 11.5 Å². The Bertz CT molecular complexity index is 431. The van der Waals surface area contributed by atoms with Gasteiger partial charge in [-0.3, -0.25) is 0 Å². The second-order valence-corrected chi connectivity index (χ2v) is 6.58. The van der Waals surface area contributed by atoms with Crippen LogP contribution in [0.4, 0.5) is 11.4 Å². The number of piperidine rings is 1. The first-order valence-corrected chi connectivity index (χ1v) is 7.80. The fraction of sp³-hybridized carbons (Fsp3) is 0.647. The van der Waals surface area contributed by atoms with Crippen LogP contribution in [-0.2, 0) is 0 Å². The van der Waals surface area contributed by atoms with Crippen LogP contribution in [0.2, 0.25) is 0 Å². The topological polar surface area (TPSA) is 15.3 Å². The van der Waals surface area contributed by atoms with Gasteiger partial charge in [0, 0.05) is 19.1 Å². The van der Waals surface area contributed by atoms with Gasteiger partial charge in [0.25, 0.3) is 0 Å². The quantitative estimate of drug-likeness (QED) is 0.867. The Labute approximate surface area is 117 Å². The third-order valence-corrected chi connectivity index (χ3v) is 5.06. The average molecular weight is 258 g/mol. The van der Waals surface area contributed by atoms with E-state index in [1.54, 1.807) is 0 Å². The van der Waals surface area contributed by atoms with Crippen molar-refractivity contribution >= 4 is 11.4 Å². The zero-order chi connectivity index (χ0) is 13.3. The molecule has 2 fully saturated rings. The number of nitrogens with one attached hydrogen (secondary N) is 1. The molecule has 1 unspecified atom stereocenters. The van der Waals surface area contributed by atoms with E-state index in [0.717, 1.165) is 0 Å². The Morgan fingerprint density at radius 1 is 1.11 bits per heavy atom. The van der Waals surface area contributed by atoms with Crippen LogP contribution < -0.4 is 10.2 Å². The molecule has 1 saturated carbocycles. The molecule has 1 aromatic rings. The monoisotopic (exact) mass is 258 g/mol.